The van der Waals surface area contributed by atoms with Gasteiger partial charge in [0.05, 0.1) is 7.11 Å². The van der Waals surface area contributed by atoms with Crippen molar-refractivity contribution in [1.29, 1.82) is 0 Å². The van der Waals surface area contributed by atoms with E-state index in [9.17, 15) is 4.79 Å². The van der Waals surface area contributed by atoms with Gasteiger partial charge in [-0.05, 0) is 75.2 Å². The molecule has 7 nitrogen and oxygen atoms in total. The van der Waals surface area contributed by atoms with E-state index in [1.165, 1.54) is 32.4 Å². The van der Waals surface area contributed by atoms with Gasteiger partial charge in [0.2, 0.25) is 5.91 Å². The minimum Gasteiger partial charge on any atom is -0.497 e. The number of amides is 1. The van der Waals surface area contributed by atoms with Crippen LogP contribution >= 0.6 is 0 Å². The van der Waals surface area contributed by atoms with Crippen LogP contribution in [0.2, 0.25) is 0 Å². The van der Waals surface area contributed by atoms with Gasteiger partial charge in [-0.25, -0.2) is 4.98 Å². The summed E-state index contributed by atoms with van der Waals surface area (Å²) in [5, 5.41) is 2.13. The average molecular weight is 472 g/mol. The number of H-pyrrole nitrogens is 1. The van der Waals surface area contributed by atoms with Crippen LogP contribution in [0.15, 0.2) is 48.8 Å². The Bertz CT molecular complexity index is 1310. The van der Waals surface area contributed by atoms with Crippen molar-refractivity contribution in [2.45, 2.75) is 44.7 Å². The summed E-state index contributed by atoms with van der Waals surface area (Å²) in [6, 6.07) is 12.8. The maximum atomic E-state index is 13.4. The highest BCUT2D eigenvalue weighted by molar-refractivity contribution is 5.99. The molecule has 3 aromatic heterocycles. The molecule has 35 heavy (non-hydrogen) atoms. The number of aromatic nitrogens is 3. The summed E-state index contributed by atoms with van der Waals surface area (Å²) in [4.78, 5) is 26.0. The molecule has 0 bridgehead atoms. The monoisotopic (exact) mass is 471 g/mol. The second-order valence-electron chi connectivity index (χ2n) is 9.89. The van der Waals surface area contributed by atoms with Crippen molar-refractivity contribution in [2.75, 3.05) is 33.3 Å². The number of hydrogen-bond donors (Lipinski definition) is 1. The largest absolute Gasteiger partial charge is 0.497 e. The van der Waals surface area contributed by atoms with Crippen LogP contribution < -0.4 is 4.74 Å². The van der Waals surface area contributed by atoms with Gasteiger partial charge in [-0.2, -0.15) is 0 Å². The van der Waals surface area contributed by atoms with E-state index in [2.05, 4.69) is 54.8 Å². The van der Waals surface area contributed by atoms with Crippen LogP contribution in [-0.4, -0.2) is 69.6 Å². The number of pyridine rings is 1. The lowest BCUT2D eigenvalue weighted by Gasteiger charge is -2.40. The zero-order chi connectivity index (χ0) is 23.8. The van der Waals surface area contributed by atoms with Crippen LogP contribution in [0.5, 0.6) is 5.75 Å². The number of hydrogen-bond acceptors (Lipinski definition) is 4. The zero-order valence-corrected chi connectivity index (χ0v) is 20.4. The highest BCUT2D eigenvalue weighted by Gasteiger charge is 2.28. The number of carbonyl (C=O) groups is 1. The molecule has 2 saturated heterocycles. The van der Waals surface area contributed by atoms with E-state index in [4.69, 9.17) is 4.74 Å². The molecule has 1 N–H and O–H groups in total. The van der Waals surface area contributed by atoms with Crippen molar-refractivity contribution in [3.63, 3.8) is 0 Å². The van der Waals surface area contributed by atoms with Crippen molar-refractivity contribution < 1.29 is 9.53 Å². The van der Waals surface area contributed by atoms with E-state index < -0.39 is 0 Å². The minimum absolute atomic E-state index is 0.194. The molecular weight excluding hydrogens is 438 g/mol. The minimum atomic E-state index is 0.194. The van der Waals surface area contributed by atoms with Gasteiger partial charge in [-0.15, -0.1) is 0 Å². The molecule has 2 aliphatic rings. The number of nitrogens with zero attached hydrogens (tertiary/aromatic N) is 4. The first-order chi connectivity index (χ1) is 17.2. The molecule has 1 aromatic carbocycles. The van der Waals surface area contributed by atoms with Crippen molar-refractivity contribution in [2.24, 2.45) is 0 Å². The van der Waals surface area contributed by atoms with Gasteiger partial charge in [0.25, 0.3) is 0 Å². The molecule has 1 amide bonds. The highest BCUT2D eigenvalue weighted by Crippen LogP contribution is 2.34. The third-order valence-corrected chi connectivity index (χ3v) is 7.80. The SMILES string of the molecule is COc1ccc2c(c1)c(-c1cc3cccnc3[nH]1)cn2CC(=O)N1CCC(N2CCCCC2)CC1. The predicted molar refractivity (Wildman–Crippen MR) is 139 cm³/mol. The van der Waals surface area contributed by atoms with E-state index in [1.807, 2.05) is 12.1 Å². The van der Waals surface area contributed by atoms with Crippen LogP contribution in [0.1, 0.15) is 32.1 Å². The lowest BCUT2D eigenvalue weighted by Crippen LogP contribution is -2.48. The number of nitrogens with one attached hydrogen (secondary N) is 1. The fourth-order valence-electron chi connectivity index (χ4n) is 5.86. The first-order valence-corrected chi connectivity index (χ1v) is 12.8. The second-order valence-corrected chi connectivity index (χ2v) is 9.89. The third kappa shape index (κ3) is 4.29. The summed E-state index contributed by atoms with van der Waals surface area (Å²) in [6.45, 7) is 4.50. The highest BCUT2D eigenvalue weighted by atomic mass is 16.5. The molecule has 0 atom stereocenters. The van der Waals surface area contributed by atoms with Crippen LogP contribution in [0.25, 0.3) is 33.2 Å². The fourth-order valence-corrected chi connectivity index (χ4v) is 5.86. The molecule has 0 aliphatic carbocycles. The van der Waals surface area contributed by atoms with Crippen molar-refractivity contribution in [3.05, 3.63) is 48.8 Å². The molecule has 0 spiro atoms. The van der Waals surface area contributed by atoms with E-state index in [-0.39, 0.29) is 5.91 Å². The van der Waals surface area contributed by atoms with Gasteiger partial charge in [-0.3, -0.25) is 4.79 Å². The number of aromatic amines is 1. The summed E-state index contributed by atoms with van der Waals surface area (Å²) in [7, 11) is 1.68. The maximum absolute atomic E-state index is 13.4. The molecule has 0 radical (unpaired) electrons. The molecule has 0 unspecified atom stereocenters. The number of ether oxygens (including phenoxy) is 1. The number of benzene rings is 1. The Morgan fingerprint density at radius 1 is 1.09 bits per heavy atom. The quantitative estimate of drug-likeness (QED) is 0.459. The molecule has 0 saturated carbocycles. The molecule has 4 aromatic rings. The lowest BCUT2D eigenvalue weighted by atomic mass is 10.00. The topological polar surface area (TPSA) is 66.4 Å². The first-order valence-electron chi connectivity index (χ1n) is 12.8. The fraction of sp³-hybridized carbons (Fsp3) is 0.429. The van der Waals surface area contributed by atoms with E-state index >= 15 is 0 Å². The van der Waals surface area contributed by atoms with Gasteiger partial charge >= 0.3 is 0 Å². The predicted octanol–water partition coefficient (Wildman–Crippen LogP) is 4.67. The van der Waals surface area contributed by atoms with Crippen LogP contribution in [-0.2, 0) is 11.3 Å². The number of methoxy groups -OCH3 is 1. The third-order valence-electron chi connectivity index (χ3n) is 7.80. The number of likely N-dealkylation sites (tertiary alicyclic amines) is 2. The summed E-state index contributed by atoms with van der Waals surface area (Å²) in [5.74, 6) is 0.997. The normalized spacial score (nSPS) is 17.9. The Balaban J connectivity index is 1.24. The number of fused-ring (bicyclic) bond motifs is 2. The molecule has 6 rings (SSSR count). The van der Waals surface area contributed by atoms with E-state index in [0.29, 0.717) is 12.6 Å². The van der Waals surface area contributed by atoms with Gasteiger partial charge < -0.3 is 24.1 Å². The van der Waals surface area contributed by atoms with Crippen molar-refractivity contribution >= 4 is 27.8 Å². The van der Waals surface area contributed by atoms with E-state index in [1.54, 1.807) is 13.3 Å². The Hall–Kier alpha value is -3.32. The number of rotatable bonds is 5. The molecule has 5 heterocycles. The smallest absolute Gasteiger partial charge is 0.242 e. The molecule has 7 heteroatoms. The Morgan fingerprint density at radius 2 is 1.91 bits per heavy atom. The summed E-state index contributed by atoms with van der Waals surface area (Å²) in [5.41, 5.74) is 3.93. The Kier molecular flexibility index (Phi) is 5.94. The molecular formula is C28H33N5O2. The zero-order valence-electron chi connectivity index (χ0n) is 20.4. The van der Waals surface area contributed by atoms with E-state index in [0.717, 1.165) is 64.9 Å². The summed E-state index contributed by atoms with van der Waals surface area (Å²) < 4.78 is 7.59. The maximum Gasteiger partial charge on any atom is 0.242 e. The molecule has 182 valence electrons. The van der Waals surface area contributed by atoms with Gasteiger partial charge in [0.1, 0.15) is 17.9 Å². The summed E-state index contributed by atoms with van der Waals surface area (Å²) >= 11 is 0. The van der Waals surface area contributed by atoms with Gasteiger partial charge in [0.15, 0.2) is 0 Å². The average Bonchev–Trinajstić information content (AvgIpc) is 3.50. The van der Waals surface area contributed by atoms with Crippen molar-refractivity contribution in [3.8, 4) is 17.0 Å². The molecule has 2 aliphatic heterocycles. The standard InChI is InChI=1S/C28H33N5O2/c1-35-22-7-8-26-23(17-22)24(25-16-20-6-5-11-29-28(20)30-25)18-33(26)19-27(34)32-14-9-21(10-15-32)31-12-3-2-4-13-31/h5-8,11,16-18,21H,2-4,9-10,12-15,19H2,1H3,(H,29,30). The first kappa shape index (κ1) is 22.2. The van der Waals surface area contributed by atoms with Crippen molar-refractivity contribution in [1.82, 2.24) is 24.3 Å². The second kappa shape index (κ2) is 9.38. The van der Waals surface area contributed by atoms with Crippen LogP contribution in [0.3, 0.4) is 0 Å². The number of piperidine rings is 2. The Morgan fingerprint density at radius 3 is 2.69 bits per heavy atom. The van der Waals surface area contributed by atoms with Gasteiger partial charge in [0, 0.05) is 59.1 Å². The lowest BCUT2D eigenvalue weighted by molar-refractivity contribution is -0.133. The van der Waals surface area contributed by atoms with Crippen LogP contribution in [0, 0.1) is 0 Å². The molecule has 2 fully saturated rings. The Labute approximate surface area is 205 Å². The van der Waals surface area contributed by atoms with Crippen LogP contribution in [0.4, 0.5) is 0 Å². The van der Waals surface area contributed by atoms with Gasteiger partial charge in [-0.1, -0.05) is 6.42 Å². The number of carbonyl (C=O) groups excluding carboxylic acids is 1. The summed E-state index contributed by atoms with van der Waals surface area (Å²) in [6.07, 6.45) is 10.1.